The van der Waals surface area contributed by atoms with Crippen LogP contribution in [-0.4, -0.2) is 29.9 Å². The number of carbonyl (C=O) groups excluding carboxylic acids is 1. The molecular formula is C16H24N2O. The molecule has 104 valence electrons. The Kier molecular flexibility index (Phi) is 4.25. The molecule has 2 rings (SSSR count). The molecule has 1 saturated heterocycles. The molecule has 1 amide bonds. The van der Waals surface area contributed by atoms with E-state index in [1.54, 1.807) is 0 Å². The first kappa shape index (κ1) is 14.1. The molecule has 1 aliphatic rings. The fourth-order valence-electron chi connectivity index (χ4n) is 2.78. The van der Waals surface area contributed by atoms with Gasteiger partial charge in [-0.05, 0) is 30.7 Å². The number of benzene rings is 1. The van der Waals surface area contributed by atoms with Crippen LogP contribution >= 0.6 is 0 Å². The molecule has 3 nitrogen and oxygen atoms in total. The molecule has 0 aromatic heterocycles. The minimum absolute atomic E-state index is 0.0464. The summed E-state index contributed by atoms with van der Waals surface area (Å²) < 4.78 is 0. The van der Waals surface area contributed by atoms with E-state index >= 15 is 0 Å². The van der Waals surface area contributed by atoms with E-state index in [-0.39, 0.29) is 17.4 Å². The largest absolute Gasteiger partial charge is 0.343 e. The number of carbonyl (C=O) groups is 1. The second-order valence-corrected chi connectivity index (χ2v) is 5.99. The van der Waals surface area contributed by atoms with Crippen molar-refractivity contribution in [1.29, 1.82) is 0 Å². The zero-order chi connectivity index (χ0) is 13.9. The Morgan fingerprint density at radius 2 is 1.89 bits per heavy atom. The second kappa shape index (κ2) is 5.74. The van der Waals surface area contributed by atoms with Gasteiger partial charge in [0.15, 0.2) is 0 Å². The zero-order valence-corrected chi connectivity index (χ0v) is 11.9. The van der Waals surface area contributed by atoms with E-state index in [9.17, 15) is 4.79 Å². The molecule has 0 saturated carbocycles. The summed E-state index contributed by atoms with van der Waals surface area (Å²) in [6.45, 7) is 5.87. The van der Waals surface area contributed by atoms with Gasteiger partial charge in [0.2, 0.25) is 5.91 Å². The highest BCUT2D eigenvalue weighted by molar-refractivity contribution is 5.76. The molecule has 3 heteroatoms. The normalized spacial score (nSPS) is 20.1. The molecule has 1 unspecified atom stereocenters. The first-order chi connectivity index (χ1) is 9.01. The molecule has 0 radical (unpaired) electrons. The summed E-state index contributed by atoms with van der Waals surface area (Å²) in [5, 5.41) is 0. The van der Waals surface area contributed by atoms with Crippen LogP contribution in [0.2, 0.25) is 0 Å². The molecule has 1 fully saturated rings. The monoisotopic (exact) mass is 260 g/mol. The van der Waals surface area contributed by atoms with E-state index in [4.69, 9.17) is 5.73 Å². The smallest absolute Gasteiger partial charge is 0.224 e. The van der Waals surface area contributed by atoms with Crippen molar-refractivity contribution in [2.24, 2.45) is 5.73 Å². The second-order valence-electron chi connectivity index (χ2n) is 5.99. The van der Waals surface area contributed by atoms with Crippen molar-refractivity contribution >= 4 is 5.91 Å². The minimum atomic E-state index is -0.0464. The molecular weight excluding hydrogens is 236 g/mol. The summed E-state index contributed by atoms with van der Waals surface area (Å²) >= 11 is 0. The molecule has 1 aromatic rings. The summed E-state index contributed by atoms with van der Waals surface area (Å²) in [5.41, 5.74) is 7.28. The van der Waals surface area contributed by atoms with Gasteiger partial charge >= 0.3 is 0 Å². The van der Waals surface area contributed by atoms with Gasteiger partial charge in [-0.25, -0.2) is 0 Å². The summed E-state index contributed by atoms with van der Waals surface area (Å²) in [6.07, 6.45) is 2.52. The molecule has 0 aliphatic carbocycles. The molecule has 1 atom stereocenters. The molecule has 19 heavy (non-hydrogen) atoms. The maximum Gasteiger partial charge on any atom is 0.224 e. The Balaban J connectivity index is 1.97. The van der Waals surface area contributed by atoms with E-state index in [2.05, 4.69) is 31.2 Å². The highest BCUT2D eigenvalue weighted by atomic mass is 16.2. The number of hydrogen-bond acceptors (Lipinski definition) is 2. The number of nitrogens with two attached hydrogens (primary N) is 1. The Morgan fingerprint density at radius 3 is 2.42 bits per heavy atom. The van der Waals surface area contributed by atoms with Gasteiger partial charge in [-0.2, -0.15) is 0 Å². The van der Waals surface area contributed by atoms with E-state index in [0.717, 1.165) is 25.9 Å². The number of piperidine rings is 1. The van der Waals surface area contributed by atoms with Crippen LogP contribution in [0.15, 0.2) is 30.3 Å². The quantitative estimate of drug-likeness (QED) is 0.906. The first-order valence-electron chi connectivity index (χ1n) is 7.10. The van der Waals surface area contributed by atoms with Crippen molar-refractivity contribution in [1.82, 2.24) is 4.90 Å². The van der Waals surface area contributed by atoms with Crippen LogP contribution in [0.4, 0.5) is 0 Å². The van der Waals surface area contributed by atoms with Crippen LogP contribution in [-0.2, 0) is 10.2 Å². The number of nitrogens with zero attached hydrogens (tertiary/aromatic N) is 1. The zero-order valence-electron chi connectivity index (χ0n) is 11.9. The third-order valence-corrected chi connectivity index (χ3v) is 4.19. The lowest BCUT2D eigenvalue weighted by molar-refractivity contribution is -0.133. The predicted octanol–water partition coefficient (Wildman–Crippen LogP) is 2.30. The molecule has 0 bridgehead atoms. The van der Waals surface area contributed by atoms with Crippen LogP contribution < -0.4 is 5.73 Å². The number of hydrogen-bond donors (Lipinski definition) is 1. The predicted molar refractivity (Wildman–Crippen MR) is 77.9 cm³/mol. The van der Waals surface area contributed by atoms with Crippen molar-refractivity contribution in [3.8, 4) is 0 Å². The third-order valence-electron chi connectivity index (χ3n) is 4.19. The van der Waals surface area contributed by atoms with Crippen LogP contribution in [0.25, 0.3) is 0 Å². The summed E-state index contributed by atoms with van der Waals surface area (Å²) in [6, 6.07) is 10.6. The van der Waals surface area contributed by atoms with E-state index in [1.165, 1.54) is 5.56 Å². The van der Waals surface area contributed by atoms with Crippen molar-refractivity contribution in [3.63, 3.8) is 0 Å². The first-order valence-corrected chi connectivity index (χ1v) is 7.10. The van der Waals surface area contributed by atoms with E-state index in [1.807, 2.05) is 17.9 Å². The van der Waals surface area contributed by atoms with Crippen molar-refractivity contribution in [2.75, 3.05) is 13.1 Å². The minimum Gasteiger partial charge on any atom is -0.343 e. The van der Waals surface area contributed by atoms with E-state index < -0.39 is 0 Å². The van der Waals surface area contributed by atoms with Crippen molar-refractivity contribution in [2.45, 2.75) is 44.6 Å². The van der Waals surface area contributed by atoms with Gasteiger partial charge in [-0.3, -0.25) is 4.79 Å². The van der Waals surface area contributed by atoms with E-state index in [0.29, 0.717) is 6.42 Å². The van der Waals surface area contributed by atoms with Gasteiger partial charge in [0.25, 0.3) is 0 Å². The molecule has 1 aliphatic heterocycles. The lowest BCUT2D eigenvalue weighted by atomic mass is 9.74. The van der Waals surface area contributed by atoms with Crippen LogP contribution in [0.1, 0.15) is 38.7 Å². The maximum atomic E-state index is 12.0. The highest BCUT2D eigenvalue weighted by Gasteiger charge is 2.33. The van der Waals surface area contributed by atoms with Gasteiger partial charge in [0.05, 0.1) is 0 Å². The Hall–Kier alpha value is -1.35. The third kappa shape index (κ3) is 3.35. The summed E-state index contributed by atoms with van der Waals surface area (Å²) in [4.78, 5) is 14.0. The van der Waals surface area contributed by atoms with Gasteiger partial charge in [0, 0.05) is 25.6 Å². The number of amides is 1. The Labute approximate surface area is 115 Å². The standard InChI is InChI=1S/C16H24N2O/c1-13(17)12-15(19)18-10-8-16(2,9-11-18)14-6-4-3-5-7-14/h3-7,13H,8-12,17H2,1-2H3. The average molecular weight is 260 g/mol. The van der Waals surface area contributed by atoms with Crippen LogP contribution in [0.5, 0.6) is 0 Å². The molecule has 2 N–H and O–H groups in total. The highest BCUT2D eigenvalue weighted by Crippen LogP contribution is 2.34. The fourth-order valence-corrected chi connectivity index (χ4v) is 2.78. The van der Waals surface area contributed by atoms with Crippen molar-refractivity contribution in [3.05, 3.63) is 35.9 Å². The SMILES string of the molecule is CC(N)CC(=O)N1CCC(C)(c2ccccc2)CC1. The molecule has 1 heterocycles. The van der Waals surface area contributed by atoms with Gasteiger partial charge < -0.3 is 10.6 Å². The summed E-state index contributed by atoms with van der Waals surface area (Å²) in [5.74, 6) is 0.199. The van der Waals surface area contributed by atoms with Gasteiger partial charge in [0.1, 0.15) is 0 Å². The maximum absolute atomic E-state index is 12.0. The average Bonchev–Trinajstić information content (AvgIpc) is 2.40. The topological polar surface area (TPSA) is 46.3 Å². The lowest BCUT2D eigenvalue weighted by Gasteiger charge is -2.40. The van der Waals surface area contributed by atoms with Crippen LogP contribution in [0.3, 0.4) is 0 Å². The number of likely N-dealkylation sites (tertiary alicyclic amines) is 1. The van der Waals surface area contributed by atoms with Crippen LogP contribution in [0, 0.1) is 0 Å². The van der Waals surface area contributed by atoms with Crippen molar-refractivity contribution < 1.29 is 4.79 Å². The summed E-state index contributed by atoms with van der Waals surface area (Å²) in [7, 11) is 0. The lowest BCUT2D eigenvalue weighted by Crippen LogP contribution is -2.45. The molecule has 0 spiro atoms. The Morgan fingerprint density at radius 1 is 1.32 bits per heavy atom. The Bertz CT molecular complexity index is 420. The van der Waals surface area contributed by atoms with Gasteiger partial charge in [-0.1, -0.05) is 37.3 Å². The molecule has 1 aromatic carbocycles. The van der Waals surface area contributed by atoms with Gasteiger partial charge in [-0.15, -0.1) is 0 Å². The number of rotatable bonds is 3. The fraction of sp³-hybridized carbons (Fsp3) is 0.562.